The molecule has 0 saturated carbocycles. The average Bonchev–Trinajstić information content (AvgIpc) is 2.14. The number of rotatable bonds is 2. The van der Waals surface area contributed by atoms with Gasteiger partial charge in [0.2, 0.25) is 0 Å². The highest BCUT2D eigenvalue weighted by molar-refractivity contribution is 5.85. The summed E-state index contributed by atoms with van der Waals surface area (Å²) in [5.41, 5.74) is -0.708. The molecule has 88 valence electrons. The fraction of sp³-hybridized carbons (Fsp3) is 0.111. The van der Waals surface area contributed by atoms with Gasteiger partial charge in [0.05, 0.1) is 0 Å². The first-order valence-corrected chi connectivity index (χ1v) is 3.84. The van der Waals surface area contributed by atoms with E-state index in [2.05, 4.69) is 4.98 Å². The van der Waals surface area contributed by atoms with E-state index >= 15 is 0 Å². The summed E-state index contributed by atoms with van der Waals surface area (Å²) in [7, 11) is 0. The van der Waals surface area contributed by atoms with Crippen molar-refractivity contribution in [2.75, 3.05) is 0 Å². The number of alkyl halides is 3. The molecule has 1 rings (SSSR count). The summed E-state index contributed by atoms with van der Waals surface area (Å²) in [5.74, 6) is -1.17. The number of aliphatic carboxylic acids is 1. The van der Waals surface area contributed by atoms with Crippen LogP contribution in [0.25, 0.3) is 6.08 Å². The lowest BCUT2D eigenvalue weighted by molar-refractivity contribution is -0.141. The number of hydrogen-bond acceptors (Lipinski definition) is 2. The first kappa shape index (κ1) is 14.4. The summed E-state index contributed by atoms with van der Waals surface area (Å²) < 4.78 is 36.2. The van der Waals surface area contributed by atoms with Crippen molar-refractivity contribution in [2.45, 2.75) is 6.18 Å². The molecule has 0 aromatic carbocycles. The van der Waals surface area contributed by atoms with E-state index in [-0.39, 0.29) is 12.4 Å². The average molecular weight is 254 g/mol. The number of hydrogen-bond donors (Lipinski definition) is 1. The zero-order chi connectivity index (χ0) is 11.5. The molecule has 16 heavy (non-hydrogen) atoms. The molecule has 1 N–H and O–H groups in total. The summed E-state index contributed by atoms with van der Waals surface area (Å²) >= 11 is 0. The number of carbonyl (C=O) groups is 1. The van der Waals surface area contributed by atoms with Gasteiger partial charge in [-0.05, 0) is 17.7 Å². The zero-order valence-corrected chi connectivity index (χ0v) is 8.55. The third-order valence-electron chi connectivity index (χ3n) is 1.50. The summed E-state index contributed by atoms with van der Waals surface area (Å²) in [6.07, 6.45) is -1.53. The number of pyridine rings is 1. The van der Waals surface area contributed by atoms with Crippen LogP contribution in [0.4, 0.5) is 13.2 Å². The van der Waals surface area contributed by atoms with Gasteiger partial charge in [0.1, 0.15) is 5.69 Å². The fourth-order valence-corrected chi connectivity index (χ4v) is 0.839. The van der Waals surface area contributed by atoms with Gasteiger partial charge in [0.25, 0.3) is 0 Å². The first-order chi connectivity index (χ1) is 6.89. The Labute approximate surface area is 95.0 Å². The maximum atomic E-state index is 12.1. The van der Waals surface area contributed by atoms with Crippen LogP contribution in [0.15, 0.2) is 24.4 Å². The molecule has 7 heteroatoms. The summed E-state index contributed by atoms with van der Waals surface area (Å²) in [4.78, 5) is 13.3. The Hall–Kier alpha value is -1.56. The Morgan fingerprint density at radius 3 is 2.38 bits per heavy atom. The van der Waals surface area contributed by atoms with E-state index in [9.17, 15) is 18.0 Å². The van der Waals surface area contributed by atoms with Crippen molar-refractivity contribution >= 4 is 24.5 Å². The minimum Gasteiger partial charge on any atom is -0.478 e. The zero-order valence-electron chi connectivity index (χ0n) is 7.73. The number of nitrogens with zero attached hydrogens (tertiary/aromatic N) is 1. The van der Waals surface area contributed by atoms with Gasteiger partial charge in [-0.1, -0.05) is 6.07 Å². The van der Waals surface area contributed by atoms with Crippen LogP contribution in [0.5, 0.6) is 0 Å². The van der Waals surface area contributed by atoms with Gasteiger partial charge in [0.15, 0.2) is 0 Å². The highest BCUT2D eigenvalue weighted by atomic mass is 35.5. The highest BCUT2D eigenvalue weighted by Gasteiger charge is 2.31. The van der Waals surface area contributed by atoms with Crippen LogP contribution in [0.2, 0.25) is 0 Å². The quantitative estimate of drug-likeness (QED) is 0.825. The molecule has 0 atom stereocenters. The van der Waals surface area contributed by atoms with E-state index in [4.69, 9.17) is 5.11 Å². The molecule has 1 aromatic heterocycles. The second-order valence-electron chi connectivity index (χ2n) is 2.65. The second-order valence-corrected chi connectivity index (χ2v) is 2.65. The lowest BCUT2D eigenvalue weighted by atomic mass is 10.2. The van der Waals surface area contributed by atoms with Crippen LogP contribution in [0.1, 0.15) is 11.3 Å². The lowest BCUT2D eigenvalue weighted by Gasteiger charge is -2.04. The van der Waals surface area contributed by atoms with E-state index in [0.29, 0.717) is 5.56 Å². The summed E-state index contributed by atoms with van der Waals surface area (Å²) in [6.45, 7) is 0. The topological polar surface area (TPSA) is 50.2 Å². The first-order valence-electron chi connectivity index (χ1n) is 3.84. The maximum Gasteiger partial charge on any atom is 0.433 e. The van der Waals surface area contributed by atoms with Gasteiger partial charge in [-0.3, -0.25) is 4.98 Å². The van der Waals surface area contributed by atoms with Crippen LogP contribution in [-0.4, -0.2) is 16.1 Å². The largest absolute Gasteiger partial charge is 0.478 e. The van der Waals surface area contributed by atoms with Crippen molar-refractivity contribution in [1.82, 2.24) is 4.98 Å². The number of aromatic nitrogens is 1. The van der Waals surface area contributed by atoms with Crippen LogP contribution in [0.3, 0.4) is 0 Å². The third-order valence-corrected chi connectivity index (χ3v) is 1.50. The molecule has 0 radical (unpaired) electrons. The Balaban J connectivity index is 0.00000225. The molecule has 0 aliphatic rings. The Kier molecular flexibility index (Phi) is 4.97. The third kappa shape index (κ3) is 4.31. The number of carboxylic acids is 1. The van der Waals surface area contributed by atoms with E-state index in [1.807, 2.05) is 0 Å². The molecule has 0 spiro atoms. The van der Waals surface area contributed by atoms with Crippen LogP contribution < -0.4 is 0 Å². The molecule has 0 saturated heterocycles. The number of halogens is 4. The molecule has 0 fully saturated rings. The van der Waals surface area contributed by atoms with Gasteiger partial charge in [-0.15, -0.1) is 12.4 Å². The molecule has 0 aliphatic carbocycles. The van der Waals surface area contributed by atoms with E-state index in [1.165, 1.54) is 0 Å². The smallest absolute Gasteiger partial charge is 0.433 e. The molecular formula is C9H7ClF3NO2. The molecule has 0 aliphatic heterocycles. The Morgan fingerprint density at radius 2 is 2.00 bits per heavy atom. The van der Waals surface area contributed by atoms with Crippen LogP contribution >= 0.6 is 12.4 Å². The summed E-state index contributed by atoms with van der Waals surface area (Å²) in [6, 6.07) is 1.94. The van der Waals surface area contributed by atoms with Gasteiger partial charge in [-0.2, -0.15) is 13.2 Å². The minimum atomic E-state index is -4.48. The summed E-state index contributed by atoms with van der Waals surface area (Å²) in [5, 5.41) is 8.27. The van der Waals surface area contributed by atoms with Gasteiger partial charge in [-0.25, -0.2) is 4.79 Å². The normalized spacial score (nSPS) is 11.2. The molecule has 3 nitrogen and oxygen atoms in total. The fourth-order valence-electron chi connectivity index (χ4n) is 0.839. The van der Waals surface area contributed by atoms with Crippen LogP contribution in [0, 0.1) is 0 Å². The highest BCUT2D eigenvalue weighted by Crippen LogP contribution is 2.27. The van der Waals surface area contributed by atoms with Crippen molar-refractivity contribution in [3.05, 3.63) is 35.7 Å². The van der Waals surface area contributed by atoms with Crippen molar-refractivity contribution in [3.63, 3.8) is 0 Å². The molecular weight excluding hydrogens is 247 g/mol. The van der Waals surface area contributed by atoms with Gasteiger partial charge in [0, 0.05) is 12.3 Å². The van der Waals surface area contributed by atoms with Crippen molar-refractivity contribution < 1.29 is 23.1 Å². The molecule has 1 aromatic rings. The minimum absolute atomic E-state index is 0. The number of carboxylic acid groups (broad SMARTS) is 1. The van der Waals surface area contributed by atoms with Crippen LogP contribution in [-0.2, 0) is 11.0 Å². The molecule has 0 unspecified atom stereocenters. The Bertz CT molecular complexity index is 387. The van der Waals surface area contributed by atoms with Gasteiger partial charge < -0.3 is 5.11 Å². The SMILES string of the molecule is Cl.O=C(O)C=Cc1ccc(C(F)(F)F)nc1. The standard InChI is InChI=1S/C9H6F3NO2.ClH/c10-9(11,12)7-3-1-6(5-13-7)2-4-8(14)15;/h1-5H,(H,14,15);1H. The van der Waals surface area contributed by atoms with Crippen molar-refractivity contribution in [3.8, 4) is 0 Å². The van der Waals surface area contributed by atoms with E-state index in [1.54, 1.807) is 0 Å². The van der Waals surface area contributed by atoms with Crippen molar-refractivity contribution in [1.29, 1.82) is 0 Å². The Morgan fingerprint density at radius 1 is 1.38 bits per heavy atom. The van der Waals surface area contributed by atoms with E-state index < -0.39 is 17.8 Å². The maximum absolute atomic E-state index is 12.1. The predicted octanol–water partition coefficient (Wildman–Crippen LogP) is 2.62. The predicted molar refractivity (Wildman–Crippen MR) is 53.2 cm³/mol. The van der Waals surface area contributed by atoms with E-state index in [0.717, 1.165) is 30.5 Å². The monoisotopic (exact) mass is 253 g/mol. The molecule has 0 bridgehead atoms. The van der Waals surface area contributed by atoms with Gasteiger partial charge >= 0.3 is 12.1 Å². The molecule has 1 heterocycles. The van der Waals surface area contributed by atoms with Crippen molar-refractivity contribution in [2.24, 2.45) is 0 Å². The lowest BCUT2D eigenvalue weighted by Crippen LogP contribution is -2.07. The second kappa shape index (κ2) is 5.50. The molecule has 0 amide bonds.